The number of ether oxygens (including phenoxy) is 1. The molecule has 2 rings (SSSR count). The van der Waals surface area contributed by atoms with Crippen LogP contribution in [0.15, 0.2) is 6.20 Å². The van der Waals surface area contributed by atoms with E-state index >= 15 is 0 Å². The number of hydrazine groups is 1. The van der Waals surface area contributed by atoms with E-state index in [4.69, 9.17) is 10.6 Å². The van der Waals surface area contributed by atoms with Crippen LogP contribution in [0.2, 0.25) is 0 Å². The number of aryl methyl sites for hydroxylation is 1. The van der Waals surface area contributed by atoms with E-state index < -0.39 is 0 Å². The number of aromatic nitrogens is 2. The zero-order valence-corrected chi connectivity index (χ0v) is 11.0. The van der Waals surface area contributed by atoms with E-state index in [-0.39, 0.29) is 0 Å². The van der Waals surface area contributed by atoms with Gasteiger partial charge in [-0.2, -0.15) is 4.98 Å². The maximum absolute atomic E-state index is 5.36. The summed E-state index contributed by atoms with van der Waals surface area (Å²) < 4.78 is 5.25. The molecule has 0 aromatic carbocycles. The molecule has 0 aliphatic carbocycles. The number of piperidine rings is 1. The first-order chi connectivity index (χ1) is 8.74. The van der Waals surface area contributed by atoms with Gasteiger partial charge in [-0.05, 0) is 25.7 Å². The predicted molar refractivity (Wildman–Crippen MR) is 71.4 cm³/mol. The number of rotatable bonds is 4. The zero-order valence-electron chi connectivity index (χ0n) is 11.0. The quantitative estimate of drug-likeness (QED) is 0.612. The molecule has 1 aliphatic heterocycles. The number of nitrogens with two attached hydrogens (primary N) is 1. The summed E-state index contributed by atoms with van der Waals surface area (Å²) in [5, 5.41) is 0. The Morgan fingerprint density at radius 1 is 1.61 bits per heavy atom. The van der Waals surface area contributed by atoms with Crippen molar-refractivity contribution in [2.24, 2.45) is 11.8 Å². The van der Waals surface area contributed by atoms with E-state index in [1.807, 2.05) is 6.92 Å². The van der Waals surface area contributed by atoms with Crippen LogP contribution in [0.3, 0.4) is 0 Å². The first-order valence-corrected chi connectivity index (χ1v) is 6.28. The monoisotopic (exact) mass is 251 g/mol. The first kappa shape index (κ1) is 13.0. The van der Waals surface area contributed by atoms with Crippen molar-refractivity contribution in [1.29, 1.82) is 0 Å². The smallest absolute Gasteiger partial charge is 0.239 e. The molecule has 0 radical (unpaired) electrons. The predicted octanol–water partition coefficient (Wildman–Crippen LogP) is 0.933. The molecule has 1 aromatic rings. The minimum absolute atomic E-state index is 0.462. The summed E-state index contributed by atoms with van der Waals surface area (Å²) in [6, 6.07) is 0. The lowest BCUT2D eigenvalue weighted by Crippen LogP contribution is -2.38. The van der Waals surface area contributed by atoms with Crippen LogP contribution in [0.25, 0.3) is 0 Å². The van der Waals surface area contributed by atoms with Gasteiger partial charge in [0.2, 0.25) is 5.95 Å². The summed E-state index contributed by atoms with van der Waals surface area (Å²) in [6.07, 6.45) is 4.19. The van der Waals surface area contributed by atoms with Gasteiger partial charge in [0, 0.05) is 32.0 Å². The Morgan fingerprint density at radius 3 is 3.17 bits per heavy atom. The number of nitrogens with zero attached hydrogens (tertiary/aromatic N) is 3. The van der Waals surface area contributed by atoms with Crippen LogP contribution in [-0.2, 0) is 4.74 Å². The number of nitrogens with one attached hydrogen (secondary N) is 1. The highest BCUT2D eigenvalue weighted by atomic mass is 16.5. The van der Waals surface area contributed by atoms with E-state index in [9.17, 15) is 0 Å². The molecule has 100 valence electrons. The fraction of sp³-hybridized carbons (Fsp3) is 0.667. The van der Waals surface area contributed by atoms with Crippen LogP contribution in [0.4, 0.5) is 11.8 Å². The van der Waals surface area contributed by atoms with Gasteiger partial charge in [-0.25, -0.2) is 10.8 Å². The molecular weight excluding hydrogens is 230 g/mol. The Morgan fingerprint density at radius 2 is 2.44 bits per heavy atom. The Hall–Kier alpha value is -1.40. The van der Waals surface area contributed by atoms with Gasteiger partial charge < -0.3 is 9.64 Å². The molecular formula is C12H21N5O. The second-order valence-corrected chi connectivity index (χ2v) is 4.75. The number of nitrogen functional groups attached to an aromatic ring is 1. The molecule has 18 heavy (non-hydrogen) atoms. The molecule has 6 heteroatoms. The van der Waals surface area contributed by atoms with E-state index in [2.05, 4.69) is 20.3 Å². The van der Waals surface area contributed by atoms with E-state index in [1.165, 1.54) is 12.8 Å². The minimum atomic E-state index is 0.462. The molecule has 1 unspecified atom stereocenters. The van der Waals surface area contributed by atoms with Crippen molar-refractivity contribution in [2.75, 3.05) is 37.1 Å². The van der Waals surface area contributed by atoms with Crippen molar-refractivity contribution in [3.63, 3.8) is 0 Å². The van der Waals surface area contributed by atoms with Gasteiger partial charge in [0.1, 0.15) is 5.82 Å². The SMILES string of the molecule is COCC1CCCN(c2nc(NN)ncc2C)C1. The van der Waals surface area contributed by atoms with Crippen molar-refractivity contribution >= 4 is 11.8 Å². The van der Waals surface area contributed by atoms with Crippen molar-refractivity contribution in [1.82, 2.24) is 9.97 Å². The molecule has 0 saturated carbocycles. The van der Waals surface area contributed by atoms with Crippen LogP contribution in [0.5, 0.6) is 0 Å². The molecule has 1 fully saturated rings. The largest absolute Gasteiger partial charge is 0.384 e. The summed E-state index contributed by atoms with van der Waals surface area (Å²) in [7, 11) is 1.76. The van der Waals surface area contributed by atoms with Crippen molar-refractivity contribution < 1.29 is 4.74 Å². The third-order valence-corrected chi connectivity index (χ3v) is 3.29. The summed E-state index contributed by atoms with van der Waals surface area (Å²) in [5.74, 6) is 7.37. The Labute approximate surface area is 108 Å². The molecule has 0 spiro atoms. The fourth-order valence-electron chi connectivity index (χ4n) is 2.45. The number of hydrogen-bond acceptors (Lipinski definition) is 6. The van der Waals surface area contributed by atoms with Gasteiger partial charge in [0.25, 0.3) is 0 Å². The number of anilines is 2. The maximum Gasteiger partial charge on any atom is 0.239 e. The van der Waals surface area contributed by atoms with E-state index in [0.717, 1.165) is 31.1 Å². The first-order valence-electron chi connectivity index (χ1n) is 6.28. The molecule has 2 heterocycles. The van der Waals surface area contributed by atoms with Crippen LogP contribution in [0.1, 0.15) is 18.4 Å². The van der Waals surface area contributed by atoms with Crippen LogP contribution >= 0.6 is 0 Å². The summed E-state index contributed by atoms with van der Waals surface area (Å²) in [6.45, 7) is 4.84. The maximum atomic E-state index is 5.36. The molecule has 1 aliphatic rings. The van der Waals surface area contributed by atoms with E-state index in [1.54, 1.807) is 13.3 Å². The van der Waals surface area contributed by atoms with Gasteiger partial charge >= 0.3 is 0 Å². The standard InChI is InChI=1S/C12H21N5O/c1-9-6-14-12(16-13)15-11(9)17-5-3-4-10(7-17)8-18-2/h6,10H,3-5,7-8,13H2,1-2H3,(H,14,15,16). The van der Waals surface area contributed by atoms with Crippen LogP contribution < -0.4 is 16.2 Å². The van der Waals surface area contributed by atoms with Crippen molar-refractivity contribution in [3.8, 4) is 0 Å². The summed E-state index contributed by atoms with van der Waals surface area (Å²) >= 11 is 0. The lowest BCUT2D eigenvalue weighted by atomic mass is 9.99. The lowest BCUT2D eigenvalue weighted by molar-refractivity contribution is 0.143. The molecule has 6 nitrogen and oxygen atoms in total. The average Bonchev–Trinajstić information content (AvgIpc) is 2.40. The Kier molecular flexibility index (Phi) is 4.33. The average molecular weight is 251 g/mol. The highest BCUT2D eigenvalue weighted by Gasteiger charge is 2.22. The Balaban J connectivity index is 2.14. The number of methoxy groups -OCH3 is 1. The third-order valence-electron chi connectivity index (χ3n) is 3.29. The third kappa shape index (κ3) is 2.88. The fourth-order valence-corrected chi connectivity index (χ4v) is 2.45. The molecule has 1 atom stereocenters. The minimum Gasteiger partial charge on any atom is -0.384 e. The molecule has 3 N–H and O–H groups in total. The lowest BCUT2D eigenvalue weighted by Gasteiger charge is -2.34. The van der Waals surface area contributed by atoms with Gasteiger partial charge in [-0.1, -0.05) is 0 Å². The van der Waals surface area contributed by atoms with Gasteiger partial charge in [-0.3, -0.25) is 5.43 Å². The van der Waals surface area contributed by atoms with Gasteiger partial charge in [-0.15, -0.1) is 0 Å². The molecule has 1 saturated heterocycles. The van der Waals surface area contributed by atoms with Crippen LogP contribution in [-0.4, -0.2) is 36.8 Å². The zero-order chi connectivity index (χ0) is 13.0. The molecule has 1 aromatic heterocycles. The summed E-state index contributed by atoms with van der Waals surface area (Å²) in [5.41, 5.74) is 3.57. The second kappa shape index (κ2) is 5.97. The normalized spacial score (nSPS) is 19.9. The topological polar surface area (TPSA) is 76.3 Å². The second-order valence-electron chi connectivity index (χ2n) is 4.75. The highest BCUT2D eigenvalue weighted by molar-refractivity contribution is 5.49. The van der Waals surface area contributed by atoms with Crippen molar-refractivity contribution in [3.05, 3.63) is 11.8 Å². The van der Waals surface area contributed by atoms with Gasteiger partial charge in [0.15, 0.2) is 0 Å². The summed E-state index contributed by atoms with van der Waals surface area (Å²) in [4.78, 5) is 10.9. The molecule has 0 bridgehead atoms. The van der Waals surface area contributed by atoms with E-state index in [0.29, 0.717) is 11.9 Å². The highest BCUT2D eigenvalue weighted by Crippen LogP contribution is 2.24. The Bertz CT molecular complexity index is 396. The van der Waals surface area contributed by atoms with Crippen LogP contribution in [0, 0.1) is 12.8 Å². The number of hydrogen-bond donors (Lipinski definition) is 2. The molecule has 0 amide bonds. The van der Waals surface area contributed by atoms with Gasteiger partial charge in [0.05, 0.1) is 6.61 Å². The van der Waals surface area contributed by atoms with Crippen molar-refractivity contribution in [2.45, 2.75) is 19.8 Å².